The molecule has 0 bridgehead atoms. The molecule has 5 nitrogen and oxygen atoms in total. The van der Waals surface area contributed by atoms with Crippen molar-refractivity contribution in [3.63, 3.8) is 0 Å². The van der Waals surface area contributed by atoms with Crippen molar-refractivity contribution < 1.29 is 31.5 Å². The molecule has 0 saturated carbocycles. The summed E-state index contributed by atoms with van der Waals surface area (Å²) in [7, 11) is -5.58. The van der Waals surface area contributed by atoms with Gasteiger partial charge < -0.3 is 10.4 Å². The number of hydrogen-bond donors (Lipinski definition) is 2. The van der Waals surface area contributed by atoms with Gasteiger partial charge in [0.05, 0.1) is 21.2 Å². The minimum Gasteiger partial charge on any atom is -0.506 e. The van der Waals surface area contributed by atoms with Crippen LogP contribution in [0.3, 0.4) is 0 Å². The van der Waals surface area contributed by atoms with Crippen molar-refractivity contribution in [1.82, 2.24) is 0 Å². The van der Waals surface area contributed by atoms with E-state index in [9.17, 15) is 31.5 Å². The molecule has 152 valence electrons. The molecule has 0 saturated heterocycles. The highest BCUT2D eigenvalue weighted by atomic mass is 79.9. The summed E-state index contributed by atoms with van der Waals surface area (Å²) in [5, 5.41) is 13.4. The third-order valence-corrected chi connectivity index (χ3v) is 6.47. The van der Waals surface area contributed by atoms with Gasteiger partial charge >= 0.3 is 5.51 Å². The van der Waals surface area contributed by atoms with Crippen molar-refractivity contribution >= 4 is 59.7 Å². The minimum atomic E-state index is -5.58. The predicted molar refractivity (Wildman–Crippen MR) is 106 cm³/mol. The predicted octanol–water partition coefficient (Wildman–Crippen LogP) is 5.51. The van der Waals surface area contributed by atoms with Crippen LogP contribution in [0.2, 0.25) is 5.02 Å². The topological polar surface area (TPSA) is 83.5 Å². The number of carbonyl (C=O) groups is 1. The van der Waals surface area contributed by atoms with Crippen molar-refractivity contribution in [3.8, 4) is 5.75 Å². The summed E-state index contributed by atoms with van der Waals surface area (Å²) >= 11 is 9.17. The van der Waals surface area contributed by atoms with Gasteiger partial charge in [-0.2, -0.15) is 13.2 Å². The molecule has 11 heteroatoms. The maximum atomic E-state index is 12.7. The number of phenols is 1. The quantitative estimate of drug-likeness (QED) is 0.489. The summed E-state index contributed by atoms with van der Waals surface area (Å²) in [5.41, 5.74) is -5.72. The molecule has 2 N–H and O–H groups in total. The monoisotopic (exact) mass is 507 g/mol. The summed E-state index contributed by atoms with van der Waals surface area (Å²) in [4.78, 5) is 11.5. The van der Waals surface area contributed by atoms with E-state index in [0.717, 1.165) is 6.07 Å². The molecule has 0 aromatic heterocycles. The van der Waals surface area contributed by atoms with Crippen molar-refractivity contribution in [1.29, 1.82) is 0 Å². The number of halogens is 5. The van der Waals surface area contributed by atoms with Gasteiger partial charge in [0.2, 0.25) is 0 Å². The van der Waals surface area contributed by atoms with Gasteiger partial charge in [-0.05, 0) is 29.7 Å². The van der Waals surface area contributed by atoms with Crippen LogP contribution in [-0.4, -0.2) is 24.9 Å². The van der Waals surface area contributed by atoms with E-state index in [2.05, 4.69) is 21.2 Å². The van der Waals surface area contributed by atoms with Crippen LogP contribution in [0.4, 0.5) is 18.9 Å². The summed E-state index contributed by atoms with van der Waals surface area (Å²) in [5.74, 6) is -1.09. The maximum Gasteiger partial charge on any atom is 0.501 e. The number of nitrogens with one attached hydrogen (secondary N) is 1. The molecule has 0 aliphatic rings. The standard InChI is InChI=1S/C18H10BrClF3NO4S/c19-13-8-12(16(25)11-4-2-1-3-10(11)13)17(26)24-15-6-5-9(7-14(15)20)29(27,28)18(21,22)23/h1-8,25H,(H,24,26). The van der Waals surface area contributed by atoms with E-state index >= 15 is 0 Å². The molecule has 1 amide bonds. The number of sulfone groups is 1. The van der Waals surface area contributed by atoms with Crippen LogP contribution in [-0.2, 0) is 9.84 Å². The zero-order valence-electron chi connectivity index (χ0n) is 14.1. The van der Waals surface area contributed by atoms with Gasteiger partial charge in [0.1, 0.15) is 5.75 Å². The Balaban J connectivity index is 1.96. The average Bonchev–Trinajstić information content (AvgIpc) is 2.65. The van der Waals surface area contributed by atoms with E-state index in [1.165, 1.54) is 6.07 Å². The van der Waals surface area contributed by atoms with Crippen molar-refractivity contribution in [3.05, 3.63) is 63.6 Å². The lowest BCUT2D eigenvalue weighted by atomic mass is 10.0. The van der Waals surface area contributed by atoms with E-state index in [0.29, 0.717) is 27.4 Å². The zero-order valence-corrected chi connectivity index (χ0v) is 17.2. The molecule has 0 atom stereocenters. The largest absolute Gasteiger partial charge is 0.506 e. The van der Waals surface area contributed by atoms with Gasteiger partial charge in [-0.25, -0.2) is 8.42 Å². The van der Waals surface area contributed by atoms with Gasteiger partial charge in [-0.3, -0.25) is 4.79 Å². The van der Waals surface area contributed by atoms with Crippen LogP contribution < -0.4 is 5.32 Å². The second-order valence-electron chi connectivity index (χ2n) is 5.85. The average molecular weight is 509 g/mol. The summed E-state index contributed by atoms with van der Waals surface area (Å²) < 4.78 is 61.4. The normalized spacial score (nSPS) is 12.2. The first-order valence-electron chi connectivity index (χ1n) is 7.76. The number of benzene rings is 3. The Kier molecular flexibility index (Phi) is 5.54. The number of alkyl halides is 3. The Bertz CT molecular complexity index is 1250. The maximum absolute atomic E-state index is 12.7. The van der Waals surface area contributed by atoms with Crippen LogP contribution in [0, 0.1) is 0 Å². The minimum absolute atomic E-state index is 0.112. The van der Waals surface area contributed by atoms with E-state index < -0.39 is 31.2 Å². The molecule has 0 aliphatic carbocycles. The molecule has 29 heavy (non-hydrogen) atoms. The molecule has 0 radical (unpaired) electrons. The number of carbonyl (C=O) groups excluding carboxylic acids is 1. The molecule has 3 aromatic carbocycles. The number of anilines is 1. The van der Waals surface area contributed by atoms with Crippen LogP contribution in [0.1, 0.15) is 10.4 Å². The lowest BCUT2D eigenvalue weighted by molar-refractivity contribution is -0.0436. The number of amides is 1. The molecule has 3 rings (SSSR count). The van der Waals surface area contributed by atoms with Crippen LogP contribution in [0.5, 0.6) is 5.75 Å². The van der Waals surface area contributed by atoms with E-state index in [1.807, 2.05) is 0 Å². The number of aromatic hydroxyl groups is 1. The third-order valence-electron chi connectivity index (χ3n) is 4.01. The number of hydrogen-bond acceptors (Lipinski definition) is 4. The molecular weight excluding hydrogens is 499 g/mol. The first-order chi connectivity index (χ1) is 13.4. The van der Waals surface area contributed by atoms with E-state index in [4.69, 9.17) is 11.6 Å². The van der Waals surface area contributed by atoms with E-state index in [-0.39, 0.29) is 17.0 Å². The number of phenolic OH excluding ortho intramolecular Hbond substituents is 1. The Hall–Kier alpha value is -2.30. The second-order valence-corrected chi connectivity index (χ2v) is 9.05. The fraction of sp³-hybridized carbons (Fsp3) is 0.0556. The summed E-state index contributed by atoms with van der Waals surface area (Å²) in [6.45, 7) is 0. The van der Waals surface area contributed by atoms with Crippen LogP contribution >= 0.6 is 27.5 Å². The van der Waals surface area contributed by atoms with Crippen molar-refractivity contribution in [2.45, 2.75) is 10.4 Å². The smallest absolute Gasteiger partial charge is 0.501 e. The molecule has 0 spiro atoms. The number of fused-ring (bicyclic) bond motifs is 1. The van der Waals surface area contributed by atoms with Gasteiger partial charge in [0.15, 0.2) is 0 Å². The highest BCUT2D eigenvalue weighted by Crippen LogP contribution is 2.36. The van der Waals surface area contributed by atoms with Crippen LogP contribution in [0.15, 0.2) is 57.9 Å². The molecule has 0 aliphatic heterocycles. The third kappa shape index (κ3) is 3.92. The molecule has 0 fully saturated rings. The van der Waals surface area contributed by atoms with Gasteiger partial charge in [-0.15, -0.1) is 0 Å². The van der Waals surface area contributed by atoms with Crippen LogP contribution in [0.25, 0.3) is 10.8 Å². The van der Waals surface area contributed by atoms with E-state index in [1.54, 1.807) is 24.3 Å². The molecule has 0 heterocycles. The molecule has 3 aromatic rings. The Morgan fingerprint density at radius 2 is 1.69 bits per heavy atom. The van der Waals surface area contributed by atoms with Gasteiger partial charge in [0.25, 0.3) is 15.7 Å². The second kappa shape index (κ2) is 7.51. The summed E-state index contributed by atoms with van der Waals surface area (Å²) in [6.07, 6.45) is 0. The SMILES string of the molecule is O=C(Nc1ccc(S(=O)(=O)C(F)(F)F)cc1Cl)c1cc(Br)c2ccccc2c1O. The Morgan fingerprint density at radius 3 is 2.28 bits per heavy atom. The fourth-order valence-electron chi connectivity index (χ4n) is 2.58. The fourth-order valence-corrected chi connectivity index (χ4v) is 4.23. The first kappa shape index (κ1) is 21.4. The summed E-state index contributed by atoms with van der Waals surface area (Å²) in [6, 6.07) is 10.4. The Morgan fingerprint density at radius 1 is 1.07 bits per heavy atom. The highest BCUT2D eigenvalue weighted by Gasteiger charge is 2.47. The van der Waals surface area contributed by atoms with Gasteiger partial charge in [-0.1, -0.05) is 51.8 Å². The lowest BCUT2D eigenvalue weighted by Gasteiger charge is -2.13. The van der Waals surface area contributed by atoms with Gasteiger partial charge in [0, 0.05) is 9.86 Å². The Labute approximate surface area is 176 Å². The molecular formula is C18H10BrClF3NO4S. The highest BCUT2D eigenvalue weighted by molar-refractivity contribution is 9.10. The first-order valence-corrected chi connectivity index (χ1v) is 10.4. The zero-order chi connectivity index (χ0) is 21.6. The lowest BCUT2D eigenvalue weighted by Crippen LogP contribution is -2.23. The van der Waals surface area contributed by atoms with Crippen molar-refractivity contribution in [2.75, 3.05) is 5.32 Å². The molecule has 0 unspecified atom stereocenters. The van der Waals surface area contributed by atoms with Crippen molar-refractivity contribution in [2.24, 2.45) is 0 Å². The number of rotatable bonds is 3.